The number of β-amino-alcohol motifs (C(OH)–C–C–N with tert-alkyl or cyclic N) is 1. The largest absolute Gasteiger partial charge is 0.415 e. The van der Waals surface area contributed by atoms with Crippen LogP contribution in [0.4, 0.5) is 13.2 Å². The van der Waals surface area contributed by atoms with Crippen molar-refractivity contribution in [2.24, 2.45) is 5.92 Å². The van der Waals surface area contributed by atoms with Crippen molar-refractivity contribution >= 4 is 0 Å². The Hall–Kier alpha value is -0.330. The van der Waals surface area contributed by atoms with Gasteiger partial charge in [0.05, 0.1) is 0 Å². The van der Waals surface area contributed by atoms with Gasteiger partial charge in [-0.25, -0.2) is 0 Å². The summed E-state index contributed by atoms with van der Waals surface area (Å²) in [5, 5.41) is 12.5. The molecule has 0 bridgehead atoms. The van der Waals surface area contributed by atoms with Crippen LogP contribution < -0.4 is 5.32 Å². The molecule has 0 aromatic carbocycles. The van der Waals surface area contributed by atoms with Gasteiger partial charge in [0.1, 0.15) is 0 Å². The van der Waals surface area contributed by atoms with E-state index >= 15 is 0 Å². The summed E-state index contributed by atoms with van der Waals surface area (Å²) in [5.74, 6) is 0.432. The monoisotopic (exact) mass is 266 g/mol. The highest BCUT2D eigenvalue weighted by Crippen LogP contribution is 2.30. The Balaban J connectivity index is 1.90. The maximum absolute atomic E-state index is 12.4. The number of nitrogens with zero attached hydrogens (tertiary/aromatic N) is 1. The van der Waals surface area contributed by atoms with Crippen LogP contribution in [-0.4, -0.2) is 54.5 Å². The van der Waals surface area contributed by atoms with E-state index in [1.54, 1.807) is 0 Å². The number of hydrogen-bond donors (Lipinski definition) is 2. The van der Waals surface area contributed by atoms with Crippen LogP contribution in [0.15, 0.2) is 0 Å². The van der Waals surface area contributed by atoms with E-state index in [0.29, 0.717) is 12.5 Å². The lowest BCUT2D eigenvalue weighted by atomic mass is 9.90. The van der Waals surface area contributed by atoms with Gasteiger partial charge >= 0.3 is 6.18 Å². The van der Waals surface area contributed by atoms with Gasteiger partial charge in [-0.05, 0) is 51.2 Å². The molecule has 2 aliphatic heterocycles. The van der Waals surface area contributed by atoms with E-state index < -0.39 is 12.3 Å². The molecule has 3 atom stereocenters. The molecule has 106 valence electrons. The van der Waals surface area contributed by atoms with Crippen molar-refractivity contribution in [2.75, 3.05) is 26.2 Å². The van der Waals surface area contributed by atoms with Crippen LogP contribution in [-0.2, 0) is 0 Å². The van der Waals surface area contributed by atoms with Gasteiger partial charge < -0.3 is 10.4 Å². The van der Waals surface area contributed by atoms with Crippen molar-refractivity contribution in [1.29, 1.82) is 0 Å². The Morgan fingerprint density at radius 3 is 2.67 bits per heavy atom. The topological polar surface area (TPSA) is 35.5 Å². The van der Waals surface area contributed by atoms with Gasteiger partial charge in [-0.2, -0.15) is 13.2 Å². The number of hydrogen-bond acceptors (Lipinski definition) is 3. The van der Waals surface area contributed by atoms with Gasteiger partial charge in [0.15, 0.2) is 6.10 Å². The van der Waals surface area contributed by atoms with Crippen LogP contribution >= 0.6 is 0 Å². The molecule has 3 unspecified atom stereocenters. The summed E-state index contributed by atoms with van der Waals surface area (Å²) in [6.07, 6.45) is -2.65. The number of aliphatic hydroxyl groups is 1. The third kappa shape index (κ3) is 3.36. The molecule has 2 aliphatic rings. The Bertz CT molecular complexity index is 267. The van der Waals surface area contributed by atoms with Crippen molar-refractivity contribution in [2.45, 2.75) is 44.0 Å². The average Bonchev–Trinajstić information content (AvgIpc) is 2.77. The number of halogens is 3. The molecular formula is C12H21F3N2O. The first-order valence-electron chi connectivity index (χ1n) is 6.68. The van der Waals surface area contributed by atoms with Crippen molar-refractivity contribution in [3.05, 3.63) is 0 Å². The smallest absolute Gasteiger partial charge is 0.382 e. The zero-order valence-electron chi connectivity index (χ0n) is 10.4. The maximum Gasteiger partial charge on any atom is 0.415 e. The molecule has 2 N–H and O–H groups in total. The van der Waals surface area contributed by atoms with E-state index in [0.717, 1.165) is 38.8 Å². The predicted molar refractivity (Wildman–Crippen MR) is 62.3 cm³/mol. The van der Waals surface area contributed by atoms with E-state index in [9.17, 15) is 18.3 Å². The van der Waals surface area contributed by atoms with E-state index in [2.05, 4.69) is 5.32 Å². The van der Waals surface area contributed by atoms with E-state index in [1.165, 1.54) is 0 Å². The van der Waals surface area contributed by atoms with Gasteiger partial charge in [-0.1, -0.05) is 0 Å². The van der Waals surface area contributed by atoms with Gasteiger partial charge in [0, 0.05) is 12.6 Å². The fourth-order valence-electron chi connectivity index (χ4n) is 3.15. The molecule has 0 aromatic rings. The number of aliphatic hydroxyl groups excluding tert-OH is 1. The zero-order chi connectivity index (χ0) is 13.2. The van der Waals surface area contributed by atoms with Gasteiger partial charge in [0.25, 0.3) is 0 Å². The standard InChI is InChI=1S/C12H21F3N2O/c13-12(14,15)11(18)8-17-6-2-4-10(17)9-3-1-5-16-7-9/h9-11,16,18H,1-8H2. The third-order valence-corrected chi connectivity index (χ3v) is 4.08. The molecule has 2 heterocycles. The molecule has 0 radical (unpaired) electrons. The summed E-state index contributed by atoms with van der Waals surface area (Å²) in [6.45, 7) is 2.30. The fraction of sp³-hybridized carbons (Fsp3) is 1.00. The number of piperidine rings is 1. The third-order valence-electron chi connectivity index (χ3n) is 4.08. The lowest BCUT2D eigenvalue weighted by Gasteiger charge is -2.35. The molecule has 0 aliphatic carbocycles. The molecule has 3 nitrogen and oxygen atoms in total. The van der Waals surface area contributed by atoms with E-state index in [1.807, 2.05) is 4.90 Å². The number of rotatable bonds is 3. The van der Waals surface area contributed by atoms with Crippen LogP contribution in [0.25, 0.3) is 0 Å². The molecule has 0 saturated carbocycles. The summed E-state index contributed by atoms with van der Waals surface area (Å²) in [4.78, 5) is 1.83. The van der Waals surface area contributed by atoms with Crippen molar-refractivity contribution in [3.63, 3.8) is 0 Å². The number of alkyl halides is 3. The van der Waals surface area contributed by atoms with Crippen LogP contribution in [0.1, 0.15) is 25.7 Å². The minimum absolute atomic E-state index is 0.204. The SMILES string of the molecule is OC(CN1CCCC1C1CCCNC1)C(F)(F)F. The van der Waals surface area contributed by atoms with E-state index in [-0.39, 0.29) is 12.6 Å². The zero-order valence-corrected chi connectivity index (χ0v) is 10.4. The summed E-state index contributed by atoms with van der Waals surface area (Å²) in [5.41, 5.74) is 0. The second kappa shape index (κ2) is 5.75. The van der Waals surface area contributed by atoms with Gasteiger partial charge in [0.2, 0.25) is 0 Å². The first-order valence-corrected chi connectivity index (χ1v) is 6.68. The predicted octanol–water partition coefficient (Wildman–Crippen LogP) is 1.37. The number of likely N-dealkylation sites (tertiary alicyclic amines) is 1. The summed E-state index contributed by atoms with van der Waals surface area (Å²) >= 11 is 0. The maximum atomic E-state index is 12.4. The Morgan fingerprint density at radius 1 is 1.28 bits per heavy atom. The molecule has 2 fully saturated rings. The molecule has 2 rings (SSSR count). The van der Waals surface area contributed by atoms with E-state index in [4.69, 9.17) is 0 Å². The average molecular weight is 266 g/mol. The van der Waals surface area contributed by atoms with Crippen molar-refractivity contribution in [3.8, 4) is 0 Å². The highest BCUT2D eigenvalue weighted by atomic mass is 19.4. The molecular weight excluding hydrogens is 245 g/mol. The Kier molecular flexibility index (Phi) is 4.50. The molecule has 18 heavy (non-hydrogen) atoms. The van der Waals surface area contributed by atoms with Crippen LogP contribution in [0.2, 0.25) is 0 Å². The van der Waals surface area contributed by atoms with Gasteiger partial charge in [-0.3, -0.25) is 4.90 Å². The lowest BCUT2D eigenvalue weighted by Crippen LogP contribution is -2.48. The van der Waals surface area contributed by atoms with Crippen molar-refractivity contribution in [1.82, 2.24) is 10.2 Å². The Labute approximate surface area is 105 Å². The van der Waals surface area contributed by atoms with Crippen LogP contribution in [0, 0.1) is 5.92 Å². The molecule has 6 heteroatoms. The van der Waals surface area contributed by atoms with Crippen LogP contribution in [0.3, 0.4) is 0 Å². The quantitative estimate of drug-likeness (QED) is 0.810. The molecule has 2 saturated heterocycles. The normalized spacial score (nSPS) is 32.7. The second-order valence-electron chi connectivity index (χ2n) is 5.37. The lowest BCUT2D eigenvalue weighted by molar-refractivity contribution is -0.209. The van der Waals surface area contributed by atoms with Gasteiger partial charge in [-0.15, -0.1) is 0 Å². The minimum atomic E-state index is -4.50. The molecule has 0 spiro atoms. The first kappa shape index (κ1) is 14.1. The highest BCUT2D eigenvalue weighted by Gasteiger charge is 2.42. The molecule has 0 aromatic heterocycles. The summed E-state index contributed by atoms with van der Waals surface area (Å²) in [7, 11) is 0. The first-order chi connectivity index (χ1) is 8.48. The van der Waals surface area contributed by atoms with Crippen LogP contribution in [0.5, 0.6) is 0 Å². The minimum Gasteiger partial charge on any atom is -0.382 e. The fourth-order valence-corrected chi connectivity index (χ4v) is 3.15. The van der Waals surface area contributed by atoms with Crippen molar-refractivity contribution < 1.29 is 18.3 Å². The summed E-state index contributed by atoms with van der Waals surface area (Å²) < 4.78 is 37.1. The summed E-state index contributed by atoms with van der Waals surface area (Å²) in [6, 6.07) is 0.204. The highest BCUT2D eigenvalue weighted by molar-refractivity contribution is 4.89. The number of nitrogens with one attached hydrogen (secondary N) is 1. The second-order valence-corrected chi connectivity index (χ2v) is 5.37. The molecule has 0 amide bonds. The Morgan fingerprint density at radius 2 is 2.06 bits per heavy atom.